The molecule has 0 aliphatic rings. The van der Waals surface area contributed by atoms with E-state index in [2.05, 4.69) is 15.9 Å². The van der Waals surface area contributed by atoms with Crippen molar-refractivity contribution in [3.8, 4) is 5.75 Å². The van der Waals surface area contributed by atoms with Gasteiger partial charge in [-0.25, -0.2) is 0 Å². The Balaban J connectivity index is 2.77. The quantitative estimate of drug-likeness (QED) is 0.900. The zero-order chi connectivity index (χ0) is 10.6. The van der Waals surface area contributed by atoms with Gasteiger partial charge in [-0.3, -0.25) is 0 Å². The van der Waals surface area contributed by atoms with E-state index >= 15 is 0 Å². The van der Waals surface area contributed by atoms with Gasteiger partial charge in [0.15, 0.2) is 0 Å². The highest BCUT2D eigenvalue weighted by Crippen LogP contribution is 2.24. The first-order valence-electron chi connectivity index (χ1n) is 4.64. The molecule has 0 fully saturated rings. The molecule has 1 aromatic carbocycles. The molecule has 0 aliphatic heterocycles. The molecule has 0 aromatic heterocycles. The predicted octanol–water partition coefficient (Wildman–Crippen LogP) is 2.77. The molecule has 0 heterocycles. The fraction of sp³-hybridized carbons (Fsp3) is 0.455. The molecule has 14 heavy (non-hydrogen) atoms. The highest BCUT2D eigenvalue weighted by atomic mass is 79.9. The lowest BCUT2D eigenvalue weighted by Crippen LogP contribution is -2.02. The van der Waals surface area contributed by atoms with E-state index in [4.69, 9.17) is 4.74 Å². The monoisotopic (exact) mass is 258 g/mol. The van der Waals surface area contributed by atoms with E-state index in [9.17, 15) is 5.11 Å². The molecule has 1 rings (SSSR count). The van der Waals surface area contributed by atoms with E-state index in [1.165, 1.54) is 0 Å². The number of aliphatic hydroxyl groups is 1. The molecule has 0 radical (unpaired) electrons. The van der Waals surface area contributed by atoms with Crippen molar-refractivity contribution in [3.63, 3.8) is 0 Å². The molecular formula is C11H15BrO2. The Morgan fingerprint density at radius 3 is 2.79 bits per heavy atom. The average molecular weight is 259 g/mol. The molecule has 0 bridgehead atoms. The van der Waals surface area contributed by atoms with Crippen LogP contribution in [0.1, 0.15) is 18.9 Å². The Morgan fingerprint density at radius 2 is 2.21 bits per heavy atom. The average Bonchev–Trinajstić information content (AvgIpc) is 2.15. The molecule has 0 saturated carbocycles. The minimum absolute atomic E-state index is 0.265. The second-order valence-corrected chi connectivity index (χ2v) is 4.26. The van der Waals surface area contributed by atoms with Crippen LogP contribution in [0, 0.1) is 0 Å². The number of hydrogen-bond acceptors (Lipinski definition) is 2. The molecule has 78 valence electrons. The highest BCUT2D eigenvalue weighted by molar-refractivity contribution is 9.10. The molecule has 2 nitrogen and oxygen atoms in total. The zero-order valence-corrected chi connectivity index (χ0v) is 10.0. The van der Waals surface area contributed by atoms with E-state index in [-0.39, 0.29) is 6.10 Å². The number of hydrogen-bond donors (Lipinski definition) is 1. The first-order chi connectivity index (χ1) is 6.63. The van der Waals surface area contributed by atoms with Crippen LogP contribution >= 0.6 is 15.9 Å². The number of halogens is 1. The Hall–Kier alpha value is -0.540. The van der Waals surface area contributed by atoms with Gasteiger partial charge in [0.2, 0.25) is 0 Å². The molecular weight excluding hydrogens is 244 g/mol. The lowest BCUT2D eigenvalue weighted by Gasteiger charge is -2.09. The molecule has 0 amide bonds. The lowest BCUT2D eigenvalue weighted by atomic mass is 10.1. The first kappa shape index (κ1) is 11.5. The standard InChI is InChI=1S/C11H15BrO2/c1-8(13)3-4-9-7-10(12)5-6-11(9)14-2/h5-8,13H,3-4H2,1-2H3/t8-/m0/s1. The van der Waals surface area contributed by atoms with Crippen molar-refractivity contribution in [2.45, 2.75) is 25.9 Å². The Morgan fingerprint density at radius 1 is 1.50 bits per heavy atom. The van der Waals surface area contributed by atoms with Crippen LogP contribution in [-0.2, 0) is 6.42 Å². The van der Waals surface area contributed by atoms with Crippen LogP contribution in [0.2, 0.25) is 0 Å². The Labute approximate surface area is 93.0 Å². The van der Waals surface area contributed by atoms with Crippen LogP contribution in [0.15, 0.2) is 22.7 Å². The van der Waals surface area contributed by atoms with Crippen molar-refractivity contribution >= 4 is 15.9 Å². The molecule has 0 aliphatic carbocycles. The maximum atomic E-state index is 9.19. The topological polar surface area (TPSA) is 29.5 Å². The van der Waals surface area contributed by atoms with Gasteiger partial charge in [0, 0.05) is 4.47 Å². The number of rotatable bonds is 4. The molecule has 1 atom stereocenters. The van der Waals surface area contributed by atoms with Gasteiger partial charge in [0.1, 0.15) is 5.75 Å². The maximum absolute atomic E-state index is 9.19. The third kappa shape index (κ3) is 3.31. The second-order valence-electron chi connectivity index (χ2n) is 3.34. The summed E-state index contributed by atoms with van der Waals surface area (Å²) in [6.45, 7) is 1.80. The van der Waals surface area contributed by atoms with Crippen LogP contribution in [-0.4, -0.2) is 18.3 Å². The van der Waals surface area contributed by atoms with Gasteiger partial charge in [0.25, 0.3) is 0 Å². The number of benzene rings is 1. The van der Waals surface area contributed by atoms with E-state index in [1.54, 1.807) is 14.0 Å². The fourth-order valence-electron chi connectivity index (χ4n) is 1.31. The summed E-state index contributed by atoms with van der Waals surface area (Å²) in [6.07, 6.45) is 1.33. The van der Waals surface area contributed by atoms with Gasteiger partial charge in [-0.15, -0.1) is 0 Å². The molecule has 1 aromatic rings. The molecule has 0 saturated heterocycles. The Kier molecular flexibility index (Phi) is 4.42. The lowest BCUT2D eigenvalue weighted by molar-refractivity contribution is 0.184. The van der Waals surface area contributed by atoms with Gasteiger partial charge in [0.05, 0.1) is 13.2 Å². The normalized spacial score (nSPS) is 12.6. The third-order valence-corrected chi connectivity index (χ3v) is 2.57. The molecule has 0 spiro atoms. The number of methoxy groups -OCH3 is 1. The summed E-state index contributed by atoms with van der Waals surface area (Å²) in [5, 5.41) is 9.19. The van der Waals surface area contributed by atoms with E-state index < -0.39 is 0 Å². The van der Waals surface area contributed by atoms with Crippen molar-refractivity contribution in [2.24, 2.45) is 0 Å². The second kappa shape index (κ2) is 5.37. The molecule has 1 N–H and O–H groups in total. The number of aryl methyl sites for hydroxylation is 1. The van der Waals surface area contributed by atoms with Crippen LogP contribution < -0.4 is 4.74 Å². The van der Waals surface area contributed by atoms with Gasteiger partial charge >= 0.3 is 0 Å². The minimum atomic E-state index is -0.265. The van der Waals surface area contributed by atoms with Gasteiger partial charge in [-0.05, 0) is 43.5 Å². The predicted molar refractivity (Wildman–Crippen MR) is 60.7 cm³/mol. The minimum Gasteiger partial charge on any atom is -0.496 e. The third-order valence-electron chi connectivity index (χ3n) is 2.07. The summed E-state index contributed by atoms with van der Waals surface area (Å²) in [4.78, 5) is 0. The molecule has 3 heteroatoms. The van der Waals surface area contributed by atoms with E-state index in [0.29, 0.717) is 0 Å². The van der Waals surface area contributed by atoms with E-state index in [0.717, 1.165) is 28.6 Å². The largest absolute Gasteiger partial charge is 0.496 e. The SMILES string of the molecule is COc1ccc(Br)cc1CC[C@H](C)O. The van der Waals surface area contributed by atoms with Crippen LogP contribution in [0.3, 0.4) is 0 Å². The van der Waals surface area contributed by atoms with Crippen LogP contribution in [0.25, 0.3) is 0 Å². The van der Waals surface area contributed by atoms with Crippen molar-refractivity contribution in [2.75, 3.05) is 7.11 Å². The summed E-state index contributed by atoms with van der Waals surface area (Å²) in [5.41, 5.74) is 1.13. The van der Waals surface area contributed by atoms with Crippen molar-refractivity contribution in [1.82, 2.24) is 0 Å². The van der Waals surface area contributed by atoms with Crippen LogP contribution in [0.4, 0.5) is 0 Å². The highest BCUT2D eigenvalue weighted by Gasteiger charge is 2.05. The smallest absolute Gasteiger partial charge is 0.122 e. The summed E-state index contributed by atoms with van der Waals surface area (Å²) >= 11 is 3.41. The summed E-state index contributed by atoms with van der Waals surface area (Å²) in [7, 11) is 1.66. The van der Waals surface area contributed by atoms with Crippen molar-refractivity contribution < 1.29 is 9.84 Å². The summed E-state index contributed by atoms with van der Waals surface area (Å²) < 4.78 is 6.27. The number of ether oxygens (including phenoxy) is 1. The Bertz CT molecular complexity index is 297. The van der Waals surface area contributed by atoms with E-state index in [1.807, 2.05) is 18.2 Å². The van der Waals surface area contributed by atoms with Gasteiger partial charge in [-0.1, -0.05) is 15.9 Å². The summed E-state index contributed by atoms with van der Waals surface area (Å²) in [6, 6.07) is 5.91. The first-order valence-corrected chi connectivity index (χ1v) is 5.43. The number of aliphatic hydroxyl groups excluding tert-OH is 1. The summed E-state index contributed by atoms with van der Waals surface area (Å²) in [5.74, 6) is 0.883. The van der Waals surface area contributed by atoms with Gasteiger partial charge < -0.3 is 9.84 Å². The van der Waals surface area contributed by atoms with Crippen LogP contribution in [0.5, 0.6) is 5.75 Å². The van der Waals surface area contributed by atoms with Gasteiger partial charge in [-0.2, -0.15) is 0 Å². The van der Waals surface area contributed by atoms with Crippen molar-refractivity contribution in [3.05, 3.63) is 28.2 Å². The fourth-order valence-corrected chi connectivity index (χ4v) is 1.72. The zero-order valence-electron chi connectivity index (χ0n) is 8.46. The molecule has 0 unspecified atom stereocenters. The van der Waals surface area contributed by atoms with Crippen molar-refractivity contribution in [1.29, 1.82) is 0 Å². The maximum Gasteiger partial charge on any atom is 0.122 e.